The average molecular weight is 272 g/mol. The summed E-state index contributed by atoms with van der Waals surface area (Å²) >= 11 is 12.3. The molecule has 0 saturated heterocycles. The van der Waals surface area contributed by atoms with Crippen LogP contribution in [0, 0.1) is 0 Å². The van der Waals surface area contributed by atoms with E-state index in [1.54, 1.807) is 6.07 Å². The molecule has 1 atom stereocenters. The molecule has 0 bridgehead atoms. The van der Waals surface area contributed by atoms with Gasteiger partial charge in [0.05, 0.1) is 12.1 Å². The molecule has 0 aromatic heterocycles. The van der Waals surface area contributed by atoms with E-state index in [0.717, 1.165) is 12.1 Å². The molecule has 2 rings (SSSR count). The number of nitrogens with two attached hydrogens (primary N) is 1. The molecule has 0 radical (unpaired) electrons. The second-order valence-corrected chi connectivity index (χ2v) is 5.16. The van der Waals surface area contributed by atoms with E-state index in [2.05, 4.69) is 11.9 Å². The highest BCUT2D eigenvalue weighted by Gasteiger charge is 2.40. The minimum absolute atomic E-state index is 0.305. The van der Waals surface area contributed by atoms with E-state index >= 15 is 0 Å². The fourth-order valence-corrected chi connectivity index (χ4v) is 2.80. The van der Waals surface area contributed by atoms with Crippen molar-refractivity contribution in [3.63, 3.8) is 0 Å². The van der Waals surface area contributed by atoms with Crippen molar-refractivity contribution < 1.29 is 0 Å². The smallest absolute Gasteiger partial charge is 0.192 e. The van der Waals surface area contributed by atoms with Gasteiger partial charge >= 0.3 is 0 Å². The Labute approximate surface area is 111 Å². The van der Waals surface area contributed by atoms with Crippen LogP contribution in [0.4, 0.5) is 0 Å². The van der Waals surface area contributed by atoms with Gasteiger partial charge in [0.15, 0.2) is 5.96 Å². The number of rotatable bonds is 2. The quantitative estimate of drug-likeness (QED) is 0.899. The Morgan fingerprint density at radius 3 is 2.82 bits per heavy atom. The lowest BCUT2D eigenvalue weighted by atomic mass is 9.91. The summed E-state index contributed by atoms with van der Waals surface area (Å²) in [6.07, 6.45) is 0. The van der Waals surface area contributed by atoms with E-state index < -0.39 is 0 Å². The molecular weight excluding hydrogens is 257 g/mol. The van der Waals surface area contributed by atoms with Crippen molar-refractivity contribution in [2.75, 3.05) is 13.1 Å². The fourth-order valence-electron chi connectivity index (χ4n) is 2.31. The molecule has 0 amide bonds. The number of aliphatic imine (C=N–C) groups is 1. The molecule has 1 unspecified atom stereocenters. The molecule has 0 spiro atoms. The maximum atomic E-state index is 6.26. The molecule has 3 nitrogen and oxygen atoms in total. The molecule has 17 heavy (non-hydrogen) atoms. The summed E-state index contributed by atoms with van der Waals surface area (Å²) in [5.74, 6) is 0.561. The standard InChI is InChI=1S/C12H15Cl2N3/c1-3-17-11(15)16-7-12(17,2)9-6-8(13)4-5-10(9)14/h4-6H,3,7H2,1-2H3,(H2,15,16). The first kappa shape index (κ1) is 12.5. The molecule has 5 heteroatoms. The second kappa shape index (κ2) is 4.39. The minimum atomic E-state index is -0.305. The molecule has 1 aromatic rings. The highest BCUT2D eigenvalue weighted by molar-refractivity contribution is 6.33. The number of likely N-dealkylation sites (N-methyl/N-ethyl adjacent to an activating group) is 1. The molecule has 0 saturated carbocycles. The van der Waals surface area contributed by atoms with Gasteiger partial charge in [-0.05, 0) is 37.6 Å². The number of halogens is 2. The molecule has 2 N–H and O–H groups in total. The predicted molar refractivity (Wildman–Crippen MR) is 72.7 cm³/mol. The summed E-state index contributed by atoms with van der Waals surface area (Å²) in [6, 6.07) is 5.49. The number of guanidine groups is 1. The third-order valence-corrected chi connectivity index (χ3v) is 3.81. The highest BCUT2D eigenvalue weighted by Crippen LogP contribution is 2.37. The summed E-state index contributed by atoms with van der Waals surface area (Å²) < 4.78 is 0. The Hall–Kier alpha value is -0.930. The lowest BCUT2D eigenvalue weighted by Gasteiger charge is -2.36. The highest BCUT2D eigenvalue weighted by atomic mass is 35.5. The summed E-state index contributed by atoms with van der Waals surface area (Å²) in [4.78, 5) is 6.35. The average Bonchev–Trinajstić information content (AvgIpc) is 2.59. The Bertz CT molecular complexity index is 473. The topological polar surface area (TPSA) is 41.6 Å². The van der Waals surface area contributed by atoms with Gasteiger partial charge in [-0.3, -0.25) is 4.99 Å². The molecular formula is C12H15Cl2N3. The predicted octanol–water partition coefficient (Wildman–Crippen LogP) is 2.86. The van der Waals surface area contributed by atoms with Gasteiger partial charge in [0.1, 0.15) is 0 Å². The zero-order chi connectivity index (χ0) is 12.6. The monoisotopic (exact) mass is 271 g/mol. The number of hydrogen-bond donors (Lipinski definition) is 1. The Morgan fingerprint density at radius 2 is 2.18 bits per heavy atom. The van der Waals surface area contributed by atoms with E-state index in [9.17, 15) is 0 Å². The summed E-state index contributed by atoms with van der Waals surface area (Å²) in [5.41, 5.74) is 6.56. The zero-order valence-electron chi connectivity index (χ0n) is 9.87. The van der Waals surface area contributed by atoms with Crippen LogP contribution in [-0.4, -0.2) is 23.9 Å². The normalized spacial score (nSPS) is 24.0. The number of hydrogen-bond acceptors (Lipinski definition) is 3. The molecule has 1 aliphatic heterocycles. The first-order valence-electron chi connectivity index (χ1n) is 5.52. The van der Waals surface area contributed by atoms with Gasteiger partial charge in [0, 0.05) is 16.6 Å². The van der Waals surface area contributed by atoms with Gasteiger partial charge in [0.25, 0.3) is 0 Å². The van der Waals surface area contributed by atoms with Crippen molar-refractivity contribution >= 4 is 29.2 Å². The fraction of sp³-hybridized carbons (Fsp3) is 0.417. The number of benzene rings is 1. The lowest BCUT2D eigenvalue weighted by Crippen LogP contribution is -2.47. The van der Waals surface area contributed by atoms with Crippen molar-refractivity contribution in [2.45, 2.75) is 19.4 Å². The van der Waals surface area contributed by atoms with Gasteiger partial charge in [-0.1, -0.05) is 23.2 Å². The van der Waals surface area contributed by atoms with Crippen molar-refractivity contribution in [1.29, 1.82) is 0 Å². The number of nitrogens with zero attached hydrogens (tertiary/aromatic N) is 2. The Balaban J connectivity index is 2.49. The van der Waals surface area contributed by atoms with Gasteiger partial charge in [0.2, 0.25) is 0 Å². The van der Waals surface area contributed by atoms with Crippen LogP contribution < -0.4 is 5.73 Å². The van der Waals surface area contributed by atoms with Gasteiger partial charge in [-0.2, -0.15) is 0 Å². The van der Waals surface area contributed by atoms with Crippen LogP contribution in [0.2, 0.25) is 10.0 Å². The maximum absolute atomic E-state index is 6.26. The van der Waals surface area contributed by atoms with Crippen molar-refractivity contribution in [3.8, 4) is 0 Å². The van der Waals surface area contributed by atoms with Crippen LogP contribution in [0.5, 0.6) is 0 Å². The van der Waals surface area contributed by atoms with Crippen LogP contribution in [0.15, 0.2) is 23.2 Å². The van der Waals surface area contributed by atoms with E-state index in [0.29, 0.717) is 22.5 Å². The SMILES string of the molecule is CCN1C(N)=NCC1(C)c1cc(Cl)ccc1Cl. The van der Waals surface area contributed by atoms with E-state index in [1.807, 2.05) is 24.0 Å². The van der Waals surface area contributed by atoms with E-state index in [1.165, 1.54) is 0 Å². The molecule has 0 aliphatic carbocycles. The summed E-state index contributed by atoms with van der Waals surface area (Å²) in [6.45, 7) is 5.52. The molecule has 1 heterocycles. The largest absolute Gasteiger partial charge is 0.370 e. The maximum Gasteiger partial charge on any atom is 0.192 e. The molecule has 0 fully saturated rings. The van der Waals surface area contributed by atoms with Crippen molar-refractivity contribution in [1.82, 2.24) is 4.90 Å². The van der Waals surface area contributed by atoms with Crippen LogP contribution in [-0.2, 0) is 5.54 Å². The molecule has 92 valence electrons. The third-order valence-electron chi connectivity index (χ3n) is 3.25. The zero-order valence-corrected chi connectivity index (χ0v) is 11.4. The van der Waals surface area contributed by atoms with Crippen LogP contribution >= 0.6 is 23.2 Å². The van der Waals surface area contributed by atoms with Gasteiger partial charge in [-0.15, -0.1) is 0 Å². The van der Waals surface area contributed by atoms with Crippen molar-refractivity contribution in [3.05, 3.63) is 33.8 Å². The van der Waals surface area contributed by atoms with Gasteiger partial charge < -0.3 is 10.6 Å². The van der Waals surface area contributed by atoms with E-state index in [-0.39, 0.29) is 5.54 Å². The Kier molecular flexibility index (Phi) is 3.23. The third kappa shape index (κ3) is 1.98. The Morgan fingerprint density at radius 1 is 1.47 bits per heavy atom. The van der Waals surface area contributed by atoms with E-state index in [4.69, 9.17) is 28.9 Å². The first-order chi connectivity index (χ1) is 7.99. The van der Waals surface area contributed by atoms with Crippen molar-refractivity contribution in [2.24, 2.45) is 10.7 Å². The second-order valence-electron chi connectivity index (χ2n) is 4.32. The van der Waals surface area contributed by atoms with Gasteiger partial charge in [-0.25, -0.2) is 0 Å². The molecule has 1 aromatic carbocycles. The van der Waals surface area contributed by atoms with Crippen LogP contribution in [0.25, 0.3) is 0 Å². The summed E-state index contributed by atoms with van der Waals surface area (Å²) in [7, 11) is 0. The van der Waals surface area contributed by atoms with Crippen LogP contribution in [0.3, 0.4) is 0 Å². The molecule has 1 aliphatic rings. The lowest BCUT2D eigenvalue weighted by molar-refractivity contribution is 0.235. The first-order valence-corrected chi connectivity index (χ1v) is 6.27. The minimum Gasteiger partial charge on any atom is -0.370 e. The van der Waals surface area contributed by atoms with Crippen LogP contribution in [0.1, 0.15) is 19.4 Å². The summed E-state index contributed by atoms with van der Waals surface area (Å²) in [5, 5.41) is 1.37.